The summed E-state index contributed by atoms with van der Waals surface area (Å²) in [5, 5.41) is 7.02. The van der Waals surface area contributed by atoms with E-state index in [4.69, 9.17) is 9.26 Å². The molecule has 0 aliphatic rings. The third-order valence-electron chi connectivity index (χ3n) is 2.64. The molecule has 0 radical (unpaired) electrons. The van der Waals surface area contributed by atoms with Gasteiger partial charge in [-0.15, -0.1) is 0 Å². The smallest absolute Gasteiger partial charge is 0.227 e. The Morgan fingerprint density at radius 3 is 2.94 bits per heavy atom. The summed E-state index contributed by atoms with van der Waals surface area (Å²) >= 11 is 0. The summed E-state index contributed by atoms with van der Waals surface area (Å²) in [7, 11) is 3.56. The fourth-order valence-corrected chi connectivity index (χ4v) is 1.71. The van der Waals surface area contributed by atoms with Gasteiger partial charge < -0.3 is 14.6 Å². The molecule has 0 unspecified atom stereocenters. The van der Waals surface area contributed by atoms with Gasteiger partial charge in [0, 0.05) is 24.9 Å². The molecule has 1 N–H and O–H groups in total. The van der Waals surface area contributed by atoms with Crippen molar-refractivity contribution in [1.29, 1.82) is 0 Å². The third-order valence-corrected chi connectivity index (χ3v) is 2.64. The van der Waals surface area contributed by atoms with Crippen molar-refractivity contribution in [2.75, 3.05) is 20.7 Å². The quantitative estimate of drug-likeness (QED) is 0.836. The van der Waals surface area contributed by atoms with Crippen LogP contribution in [0.15, 0.2) is 28.8 Å². The van der Waals surface area contributed by atoms with Crippen molar-refractivity contribution in [3.05, 3.63) is 41.5 Å². The van der Waals surface area contributed by atoms with Gasteiger partial charge in [0.2, 0.25) is 5.89 Å². The average Bonchev–Trinajstić information content (AvgIpc) is 2.84. The zero-order chi connectivity index (χ0) is 12.8. The lowest BCUT2D eigenvalue weighted by Gasteiger charge is -2.04. The summed E-state index contributed by atoms with van der Waals surface area (Å²) in [6.07, 6.45) is 1.36. The van der Waals surface area contributed by atoms with E-state index in [0.717, 1.165) is 24.3 Å². The predicted octanol–water partition coefficient (Wildman–Crippen LogP) is 1.43. The van der Waals surface area contributed by atoms with Crippen molar-refractivity contribution in [2.24, 2.45) is 0 Å². The summed E-state index contributed by atoms with van der Waals surface area (Å²) in [5.74, 6) is 2.19. The topological polar surface area (TPSA) is 60.2 Å². The van der Waals surface area contributed by atoms with E-state index in [1.807, 2.05) is 31.3 Å². The fraction of sp³-hybridized carbons (Fsp3) is 0.385. The first-order valence-electron chi connectivity index (χ1n) is 5.91. The van der Waals surface area contributed by atoms with E-state index in [1.165, 1.54) is 0 Å². The maximum Gasteiger partial charge on any atom is 0.227 e. The molecule has 0 fully saturated rings. The number of methoxy groups -OCH3 is 1. The highest BCUT2D eigenvalue weighted by Gasteiger charge is 2.09. The van der Waals surface area contributed by atoms with Crippen molar-refractivity contribution in [1.82, 2.24) is 15.5 Å². The van der Waals surface area contributed by atoms with Crippen LogP contribution in [0.4, 0.5) is 0 Å². The molecule has 0 atom stereocenters. The van der Waals surface area contributed by atoms with Crippen LogP contribution >= 0.6 is 0 Å². The summed E-state index contributed by atoms with van der Waals surface area (Å²) in [6.45, 7) is 0.830. The molecule has 2 aromatic rings. The van der Waals surface area contributed by atoms with Gasteiger partial charge in [-0.2, -0.15) is 4.98 Å². The van der Waals surface area contributed by atoms with E-state index < -0.39 is 0 Å². The maximum absolute atomic E-state index is 5.29. The van der Waals surface area contributed by atoms with Crippen molar-refractivity contribution < 1.29 is 9.26 Å². The first-order chi connectivity index (χ1) is 8.83. The Balaban J connectivity index is 2.06. The Hall–Kier alpha value is -1.88. The van der Waals surface area contributed by atoms with E-state index in [0.29, 0.717) is 18.1 Å². The standard InChI is InChI=1S/C13H17N3O2/c1-14-8-7-13-15-12(16-18-13)9-10-5-3-4-6-11(10)17-2/h3-6,14H,7-9H2,1-2H3. The molecule has 0 saturated heterocycles. The Morgan fingerprint density at radius 2 is 2.17 bits per heavy atom. The molecule has 1 aromatic carbocycles. The van der Waals surface area contributed by atoms with Gasteiger partial charge >= 0.3 is 0 Å². The van der Waals surface area contributed by atoms with Crippen LogP contribution in [0, 0.1) is 0 Å². The van der Waals surface area contributed by atoms with Gasteiger partial charge in [-0.3, -0.25) is 0 Å². The normalized spacial score (nSPS) is 10.6. The predicted molar refractivity (Wildman–Crippen MR) is 67.7 cm³/mol. The number of benzene rings is 1. The fourth-order valence-electron chi connectivity index (χ4n) is 1.71. The lowest BCUT2D eigenvalue weighted by molar-refractivity contribution is 0.372. The number of hydrogen-bond donors (Lipinski definition) is 1. The van der Waals surface area contributed by atoms with Crippen molar-refractivity contribution in [3.8, 4) is 5.75 Å². The van der Waals surface area contributed by atoms with Gasteiger partial charge in [-0.25, -0.2) is 0 Å². The second-order valence-corrected chi connectivity index (χ2v) is 3.95. The molecule has 96 valence electrons. The minimum Gasteiger partial charge on any atom is -0.496 e. The molecule has 0 amide bonds. The van der Waals surface area contributed by atoms with Crippen LogP contribution in [-0.4, -0.2) is 30.8 Å². The van der Waals surface area contributed by atoms with Gasteiger partial charge in [0.15, 0.2) is 5.82 Å². The lowest BCUT2D eigenvalue weighted by Crippen LogP contribution is -2.10. The number of nitrogens with one attached hydrogen (secondary N) is 1. The first-order valence-corrected chi connectivity index (χ1v) is 5.91. The van der Waals surface area contributed by atoms with Crippen LogP contribution in [0.2, 0.25) is 0 Å². The highest BCUT2D eigenvalue weighted by atomic mass is 16.5. The molecule has 0 aliphatic carbocycles. The average molecular weight is 247 g/mol. The SMILES string of the molecule is CNCCc1nc(Cc2ccccc2OC)no1. The Morgan fingerprint density at radius 1 is 1.33 bits per heavy atom. The highest BCUT2D eigenvalue weighted by molar-refractivity contribution is 5.35. The third kappa shape index (κ3) is 3.07. The number of rotatable bonds is 6. The summed E-state index contributed by atoms with van der Waals surface area (Å²) < 4.78 is 10.5. The van der Waals surface area contributed by atoms with Crippen molar-refractivity contribution in [2.45, 2.75) is 12.8 Å². The number of ether oxygens (including phenoxy) is 1. The molecule has 0 spiro atoms. The number of likely N-dealkylation sites (N-methyl/N-ethyl adjacent to an activating group) is 1. The van der Waals surface area contributed by atoms with E-state index in [-0.39, 0.29) is 0 Å². The van der Waals surface area contributed by atoms with Gasteiger partial charge in [0.05, 0.1) is 7.11 Å². The van der Waals surface area contributed by atoms with Crippen LogP contribution in [0.3, 0.4) is 0 Å². The summed E-state index contributed by atoms with van der Waals surface area (Å²) in [5.41, 5.74) is 1.06. The molecule has 1 heterocycles. The molecular formula is C13H17N3O2. The zero-order valence-electron chi connectivity index (χ0n) is 10.6. The molecule has 2 rings (SSSR count). The van der Waals surface area contributed by atoms with Crippen LogP contribution in [0.25, 0.3) is 0 Å². The number of para-hydroxylation sites is 1. The lowest BCUT2D eigenvalue weighted by atomic mass is 10.1. The largest absolute Gasteiger partial charge is 0.496 e. The molecular weight excluding hydrogens is 230 g/mol. The minimum atomic E-state index is 0.618. The second kappa shape index (κ2) is 6.16. The summed E-state index contributed by atoms with van der Waals surface area (Å²) in [4.78, 5) is 4.35. The minimum absolute atomic E-state index is 0.618. The van der Waals surface area contributed by atoms with Gasteiger partial charge in [-0.05, 0) is 13.1 Å². The van der Waals surface area contributed by atoms with Gasteiger partial charge in [0.1, 0.15) is 5.75 Å². The van der Waals surface area contributed by atoms with E-state index >= 15 is 0 Å². The van der Waals surface area contributed by atoms with Crippen molar-refractivity contribution in [3.63, 3.8) is 0 Å². The van der Waals surface area contributed by atoms with Crippen LogP contribution < -0.4 is 10.1 Å². The van der Waals surface area contributed by atoms with E-state index in [9.17, 15) is 0 Å². The Bertz CT molecular complexity index is 496. The van der Waals surface area contributed by atoms with E-state index in [2.05, 4.69) is 15.5 Å². The molecule has 0 aliphatic heterocycles. The number of hydrogen-bond acceptors (Lipinski definition) is 5. The second-order valence-electron chi connectivity index (χ2n) is 3.95. The summed E-state index contributed by atoms with van der Waals surface area (Å²) in [6, 6.07) is 7.84. The number of aromatic nitrogens is 2. The van der Waals surface area contributed by atoms with Crippen LogP contribution in [0.1, 0.15) is 17.3 Å². The maximum atomic E-state index is 5.29. The molecule has 0 bridgehead atoms. The zero-order valence-corrected chi connectivity index (χ0v) is 10.6. The van der Waals surface area contributed by atoms with Gasteiger partial charge in [0.25, 0.3) is 0 Å². The highest BCUT2D eigenvalue weighted by Crippen LogP contribution is 2.19. The first kappa shape index (κ1) is 12.6. The van der Waals surface area contributed by atoms with Crippen molar-refractivity contribution >= 4 is 0 Å². The molecule has 5 nitrogen and oxygen atoms in total. The molecule has 5 heteroatoms. The number of nitrogens with zero attached hydrogens (tertiary/aromatic N) is 2. The van der Waals surface area contributed by atoms with Crippen LogP contribution in [0.5, 0.6) is 5.75 Å². The molecule has 0 saturated carbocycles. The molecule has 18 heavy (non-hydrogen) atoms. The molecule has 1 aromatic heterocycles. The Labute approximate surface area is 106 Å². The monoisotopic (exact) mass is 247 g/mol. The van der Waals surface area contributed by atoms with Crippen LogP contribution in [-0.2, 0) is 12.8 Å². The van der Waals surface area contributed by atoms with Gasteiger partial charge in [-0.1, -0.05) is 23.4 Å². The Kier molecular flexibility index (Phi) is 4.30. The van der Waals surface area contributed by atoms with E-state index in [1.54, 1.807) is 7.11 Å².